The van der Waals surface area contributed by atoms with Crippen molar-refractivity contribution in [2.45, 2.75) is 11.5 Å². The maximum absolute atomic E-state index is 6.37. The third kappa shape index (κ3) is 3.03. The van der Waals surface area contributed by atoms with Crippen molar-refractivity contribution in [1.29, 1.82) is 0 Å². The quantitative estimate of drug-likeness (QED) is 0.807. The molecule has 0 aliphatic carbocycles. The van der Waals surface area contributed by atoms with Crippen molar-refractivity contribution in [2.75, 3.05) is 13.7 Å². The summed E-state index contributed by atoms with van der Waals surface area (Å²) < 4.78 is 11.2. The predicted octanol–water partition coefficient (Wildman–Crippen LogP) is 3.82. The maximum Gasteiger partial charge on any atom is 0.216 e. The van der Waals surface area contributed by atoms with Gasteiger partial charge in [0.15, 0.2) is 0 Å². The van der Waals surface area contributed by atoms with Crippen LogP contribution >= 0.6 is 11.6 Å². The van der Waals surface area contributed by atoms with Gasteiger partial charge < -0.3 is 9.47 Å². The monoisotopic (exact) mass is 301 g/mol. The molecule has 0 bridgehead atoms. The van der Waals surface area contributed by atoms with E-state index in [1.54, 1.807) is 7.11 Å². The minimum atomic E-state index is -0.178. The summed E-state index contributed by atoms with van der Waals surface area (Å²) in [4.78, 5) is 4.43. The SMILES string of the molecule is COc1ccc(C2=NC[C@H](Cl)[C@H](c3ccccc3)O2)cc1. The summed E-state index contributed by atoms with van der Waals surface area (Å²) in [5.41, 5.74) is 2.00. The van der Waals surface area contributed by atoms with Crippen LogP contribution in [-0.4, -0.2) is 24.9 Å². The topological polar surface area (TPSA) is 30.8 Å². The van der Waals surface area contributed by atoms with Crippen LogP contribution in [0, 0.1) is 0 Å². The van der Waals surface area contributed by atoms with E-state index in [1.807, 2.05) is 54.6 Å². The molecule has 0 radical (unpaired) electrons. The minimum absolute atomic E-state index is 0.158. The van der Waals surface area contributed by atoms with E-state index < -0.39 is 0 Å². The van der Waals surface area contributed by atoms with Crippen LogP contribution in [0.1, 0.15) is 17.2 Å². The average molecular weight is 302 g/mol. The number of rotatable bonds is 3. The average Bonchev–Trinajstić information content (AvgIpc) is 2.56. The fourth-order valence-corrected chi connectivity index (χ4v) is 2.58. The van der Waals surface area contributed by atoms with Gasteiger partial charge in [-0.05, 0) is 29.8 Å². The first-order valence-corrected chi connectivity index (χ1v) is 7.26. The summed E-state index contributed by atoms with van der Waals surface area (Å²) in [5.74, 6) is 1.44. The van der Waals surface area contributed by atoms with Crippen molar-refractivity contribution in [2.24, 2.45) is 4.99 Å². The Bertz CT molecular complexity index is 625. The Morgan fingerprint density at radius 3 is 2.48 bits per heavy atom. The Labute approximate surface area is 129 Å². The number of aliphatic imine (C=N–C) groups is 1. The normalized spacial score (nSPS) is 21.3. The molecule has 0 unspecified atom stereocenters. The van der Waals surface area contributed by atoms with Gasteiger partial charge in [-0.3, -0.25) is 0 Å². The summed E-state index contributed by atoms with van der Waals surface area (Å²) in [6, 6.07) is 17.7. The number of methoxy groups -OCH3 is 1. The van der Waals surface area contributed by atoms with Crippen LogP contribution in [0.4, 0.5) is 0 Å². The standard InChI is InChI=1S/C17H16ClNO2/c1-20-14-9-7-13(8-10-14)17-19-11-15(18)16(21-17)12-5-3-2-4-6-12/h2-10,15-16H,11H2,1H3/t15-,16-/m0/s1. The molecule has 0 spiro atoms. The molecule has 0 amide bonds. The summed E-state index contributed by atoms with van der Waals surface area (Å²) in [6.07, 6.45) is -0.178. The van der Waals surface area contributed by atoms with Gasteiger partial charge in [0.05, 0.1) is 19.0 Å². The van der Waals surface area contributed by atoms with Gasteiger partial charge in [0, 0.05) is 5.56 Å². The van der Waals surface area contributed by atoms with Crippen LogP contribution in [0.2, 0.25) is 0 Å². The number of hydrogen-bond acceptors (Lipinski definition) is 3. The second-order valence-electron chi connectivity index (χ2n) is 4.84. The number of ether oxygens (including phenoxy) is 2. The highest BCUT2D eigenvalue weighted by Crippen LogP contribution is 2.30. The highest BCUT2D eigenvalue weighted by Gasteiger charge is 2.28. The smallest absolute Gasteiger partial charge is 0.216 e. The highest BCUT2D eigenvalue weighted by atomic mass is 35.5. The van der Waals surface area contributed by atoms with Crippen molar-refractivity contribution in [3.63, 3.8) is 0 Å². The molecule has 0 fully saturated rings. The van der Waals surface area contributed by atoms with Gasteiger partial charge in [0.1, 0.15) is 11.9 Å². The maximum atomic E-state index is 6.37. The lowest BCUT2D eigenvalue weighted by Gasteiger charge is -2.28. The van der Waals surface area contributed by atoms with Crippen LogP contribution in [0.5, 0.6) is 5.75 Å². The van der Waals surface area contributed by atoms with Crippen LogP contribution in [0.25, 0.3) is 0 Å². The Kier molecular flexibility index (Phi) is 4.11. The second kappa shape index (κ2) is 6.19. The molecular formula is C17H16ClNO2. The van der Waals surface area contributed by atoms with E-state index in [1.165, 1.54) is 0 Å². The molecule has 108 valence electrons. The summed E-state index contributed by atoms with van der Waals surface area (Å²) in [5, 5.41) is -0.158. The first kappa shape index (κ1) is 14.0. The van der Waals surface area contributed by atoms with Gasteiger partial charge >= 0.3 is 0 Å². The van der Waals surface area contributed by atoms with Crippen molar-refractivity contribution in [1.82, 2.24) is 0 Å². The molecule has 21 heavy (non-hydrogen) atoms. The van der Waals surface area contributed by atoms with Gasteiger partial charge in [-0.15, -0.1) is 11.6 Å². The molecule has 0 N–H and O–H groups in total. The van der Waals surface area contributed by atoms with E-state index >= 15 is 0 Å². The zero-order chi connectivity index (χ0) is 14.7. The van der Waals surface area contributed by atoms with E-state index in [0.29, 0.717) is 12.4 Å². The van der Waals surface area contributed by atoms with Crippen LogP contribution in [0.15, 0.2) is 59.6 Å². The van der Waals surface area contributed by atoms with Gasteiger partial charge in [-0.2, -0.15) is 0 Å². The Morgan fingerprint density at radius 2 is 1.81 bits per heavy atom. The van der Waals surface area contributed by atoms with E-state index in [4.69, 9.17) is 21.1 Å². The predicted molar refractivity (Wildman–Crippen MR) is 84.3 cm³/mol. The number of benzene rings is 2. The van der Waals surface area contributed by atoms with Crippen molar-refractivity contribution < 1.29 is 9.47 Å². The molecule has 0 saturated carbocycles. The fourth-order valence-electron chi connectivity index (χ4n) is 2.31. The molecule has 0 saturated heterocycles. The Hall–Kier alpha value is -2.00. The molecular weight excluding hydrogens is 286 g/mol. The Morgan fingerprint density at radius 1 is 1.10 bits per heavy atom. The second-order valence-corrected chi connectivity index (χ2v) is 5.40. The number of nitrogens with zero attached hydrogens (tertiary/aromatic N) is 1. The molecule has 1 aliphatic rings. The largest absolute Gasteiger partial charge is 0.497 e. The minimum Gasteiger partial charge on any atom is -0.497 e. The third-order valence-corrected chi connectivity index (χ3v) is 3.81. The Balaban J connectivity index is 1.84. The van der Waals surface area contributed by atoms with E-state index in [9.17, 15) is 0 Å². The van der Waals surface area contributed by atoms with Gasteiger partial charge in [-0.25, -0.2) is 4.99 Å². The number of alkyl halides is 1. The van der Waals surface area contributed by atoms with Crippen molar-refractivity contribution in [3.8, 4) is 5.75 Å². The third-order valence-electron chi connectivity index (χ3n) is 3.44. The lowest BCUT2D eigenvalue weighted by atomic mass is 10.0. The van der Waals surface area contributed by atoms with Crippen molar-refractivity contribution in [3.05, 3.63) is 65.7 Å². The molecule has 1 heterocycles. The zero-order valence-electron chi connectivity index (χ0n) is 11.7. The number of halogens is 1. The summed E-state index contributed by atoms with van der Waals surface area (Å²) in [7, 11) is 1.65. The van der Waals surface area contributed by atoms with Crippen LogP contribution in [0.3, 0.4) is 0 Å². The van der Waals surface area contributed by atoms with Crippen molar-refractivity contribution >= 4 is 17.5 Å². The highest BCUT2D eigenvalue weighted by molar-refractivity contribution is 6.21. The molecule has 2 atom stereocenters. The van der Waals surface area contributed by atoms with E-state index in [2.05, 4.69) is 4.99 Å². The van der Waals surface area contributed by atoms with Gasteiger partial charge in [-0.1, -0.05) is 30.3 Å². The molecule has 4 heteroatoms. The molecule has 2 aromatic carbocycles. The molecule has 1 aliphatic heterocycles. The summed E-state index contributed by atoms with van der Waals surface area (Å²) in [6.45, 7) is 0.544. The van der Waals surface area contributed by atoms with Crippen LogP contribution < -0.4 is 4.74 Å². The molecule has 3 rings (SSSR count). The lowest BCUT2D eigenvalue weighted by molar-refractivity contribution is 0.174. The summed E-state index contributed by atoms with van der Waals surface area (Å²) >= 11 is 6.37. The fraction of sp³-hybridized carbons (Fsp3) is 0.235. The molecule has 0 aromatic heterocycles. The first-order chi connectivity index (χ1) is 10.3. The molecule has 3 nitrogen and oxygen atoms in total. The zero-order valence-corrected chi connectivity index (χ0v) is 12.5. The van der Waals surface area contributed by atoms with Gasteiger partial charge in [0.25, 0.3) is 0 Å². The molecule has 2 aromatic rings. The van der Waals surface area contributed by atoms with Crippen LogP contribution in [-0.2, 0) is 4.74 Å². The van der Waals surface area contributed by atoms with Gasteiger partial charge in [0.2, 0.25) is 5.90 Å². The van der Waals surface area contributed by atoms with E-state index in [-0.39, 0.29) is 11.5 Å². The number of hydrogen-bond donors (Lipinski definition) is 0. The van der Waals surface area contributed by atoms with E-state index in [0.717, 1.165) is 16.9 Å². The lowest BCUT2D eigenvalue weighted by Crippen LogP contribution is -2.28. The first-order valence-electron chi connectivity index (χ1n) is 6.82.